The van der Waals surface area contributed by atoms with Gasteiger partial charge in [0.2, 0.25) is 0 Å². The zero-order valence-electron chi connectivity index (χ0n) is 11.3. The van der Waals surface area contributed by atoms with Crippen molar-refractivity contribution in [3.63, 3.8) is 0 Å². The van der Waals surface area contributed by atoms with E-state index in [-0.39, 0.29) is 12.1 Å². The number of halogens is 2. The lowest BCUT2D eigenvalue weighted by atomic mass is 9.99. The highest BCUT2D eigenvalue weighted by Crippen LogP contribution is 2.25. The first kappa shape index (κ1) is 14.4. The lowest BCUT2D eigenvalue weighted by Crippen LogP contribution is -2.47. The third kappa shape index (κ3) is 3.29. The number of hydrogen-bond donors (Lipinski definition) is 1. The van der Waals surface area contributed by atoms with Crippen molar-refractivity contribution in [1.29, 1.82) is 0 Å². The highest BCUT2D eigenvalue weighted by Gasteiger charge is 2.29. The first-order valence-electron chi connectivity index (χ1n) is 6.62. The Kier molecular flexibility index (Phi) is 4.85. The zero-order valence-corrected chi connectivity index (χ0v) is 11.3. The Hall–Kier alpha value is -1.04. The van der Waals surface area contributed by atoms with Gasteiger partial charge in [0, 0.05) is 24.7 Å². The second-order valence-electron chi connectivity index (χ2n) is 4.73. The van der Waals surface area contributed by atoms with Crippen molar-refractivity contribution in [2.24, 2.45) is 0 Å². The van der Waals surface area contributed by atoms with Crippen LogP contribution in [0.3, 0.4) is 0 Å². The fourth-order valence-corrected chi connectivity index (χ4v) is 2.52. The number of hydrogen-bond acceptors (Lipinski definition) is 3. The van der Waals surface area contributed by atoms with Crippen LogP contribution in [0.4, 0.5) is 8.78 Å². The Morgan fingerprint density at radius 1 is 1.47 bits per heavy atom. The van der Waals surface area contributed by atoms with Gasteiger partial charge in [-0.15, -0.1) is 0 Å². The number of morpholine rings is 1. The van der Waals surface area contributed by atoms with E-state index in [1.54, 1.807) is 7.05 Å². The van der Waals surface area contributed by atoms with Gasteiger partial charge in [0.1, 0.15) is 11.6 Å². The molecule has 1 heterocycles. The van der Waals surface area contributed by atoms with Crippen LogP contribution >= 0.6 is 0 Å². The van der Waals surface area contributed by atoms with Crippen LogP contribution in [0.25, 0.3) is 0 Å². The average molecular weight is 270 g/mol. The fourth-order valence-electron chi connectivity index (χ4n) is 2.52. The molecule has 5 heteroatoms. The van der Waals surface area contributed by atoms with Crippen LogP contribution < -0.4 is 5.32 Å². The summed E-state index contributed by atoms with van der Waals surface area (Å²) in [5.74, 6) is -1.09. The summed E-state index contributed by atoms with van der Waals surface area (Å²) >= 11 is 0. The normalized spacial score (nSPS) is 22.4. The maximum Gasteiger partial charge on any atom is 0.130 e. The van der Waals surface area contributed by atoms with Gasteiger partial charge in [-0.2, -0.15) is 0 Å². The molecule has 0 aromatic heterocycles. The van der Waals surface area contributed by atoms with E-state index in [0.717, 1.165) is 25.7 Å². The Bertz CT molecular complexity index is 428. The van der Waals surface area contributed by atoms with Gasteiger partial charge in [0.25, 0.3) is 0 Å². The van der Waals surface area contributed by atoms with E-state index < -0.39 is 11.6 Å². The van der Waals surface area contributed by atoms with E-state index in [4.69, 9.17) is 4.74 Å². The minimum absolute atomic E-state index is 0.126. The predicted molar refractivity (Wildman–Crippen MR) is 70.0 cm³/mol. The molecule has 1 fully saturated rings. The number of likely N-dealkylation sites (N-methyl/N-ethyl adjacent to an activating group) is 2. The second-order valence-corrected chi connectivity index (χ2v) is 4.73. The number of rotatable bonds is 4. The Morgan fingerprint density at radius 3 is 2.89 bits per heavy atom. The number of benzene rings is 1. The molecule has 1 aromatic carbocycles. The summed E-state index contributed by atoms with van der Waals surface area (Å²) in [6, 6.07) is 3.42. The van der Waals surface area contributed by atoms with Crippen molar-refractivity contribution in [3.8, 4) is 0 Å². The smallest absolute Gasteiger partial charge is 0.130 e. The number of nitrogens with zero attached hydrogens (tertiary/aromatic N) is 1. The van der Waals surface area contributed by atoms with E-state index in [9.17, 15) is 8.78 Å². The van der Waals surface area contributed by atoms with Crippen molar-refractivity contribution < 1.29 is 13.5 Å². The van der Waals surface area contributed by atoms with Crippen molar-refractivity contribution in [2.75, 3.05) is 33.3 Å². The third-order valence-electron chi connectivity index (χ3n) is 3.61. The molecule has 0 amide bonds. The minimum atomic E-state index is -0.559. The summed E-state index contributed by atoms with van der Waals surface area (Å²) in [6.07, 6.45) is -0.126. The van der Waals surface area contributed by atoms with Gasteiger partial charge < -0.3 is 10.1 Å². The topological polar surface area (TPSA) is 24.5 Å². The molecular formula is C14H20F2N2O. The molecule has 106 valence electrons. The van der Waals surface area contributed by atoms with Crippen LogP contribution in [0.15, 0.2) is 18.2 Å². The minimum Gasteiger partial charge on any atom is -0.374 e. The Labute approximate surface area is 112 Å². The molecule has 2 rings (SSSR count). The summed E-state index contributed by atoms with van der Waals surface area (Å²) in [5.41, 5.74) is 0.451. The van der Waals surface area contributed by atoms with Gasteiger partial charge in [-0.1, -0.05) is 13.0 Å². The molecule has 1 aromatic rings. The molecule has 1 saturated heterocycles. The first-order chi connectivity index (χ1) is 9.15. The van der Waals surface area contributed by atoms with Crippen molar-refractivity contribution in [3.05, 3.63) is 35.4 Å². The molecule has 0 radical (unpaired) electrons. The monoisotopic (exact) mass is 270 g/mol. The predicted octanol–water partition coefficient (Wildman–Crippen LogP) is 1.95. The summed E-state index contributed by atoms with van der Waals surface area (Å²) in [5, 5.41) is 3.08. The van der Waals surface area contributed by atoms with Gasteiger partial charge >= 0.3 is 0 Å². The largest absolute Gasteiger partial charge is 0.374 e. The molecule has 0 saturated carbocycles. The summed E-state index contributed by atoms with van der Waals surface area (Å²) in [6.45, 7) is 5.32. The number of ether oxygens (including phenoxy) is 1. The lowest BCUT2D eigenvalue weighted by Gasteiger charge is -2.36. The van der Waals surface area contributed by atoms with E-state index in [1.807, 2.05) is 0 Å². The highest BCUT2D eigenvalue weighted by atomic mass is 19.1. The van der Waals surface area contributed by atoms with Gasteiger partial charge in [-0.3, -0.25) is 4.90 Å². The van der Waals surface area contributed by atoms with Crippen LogP contribution in [0.5, 0.6) is 0 Å². The summed E-state index contributed by atoms with van der Waals surface area (Å²) in [4.78, 5) is 2.26. The summed E-state index contributed by atoms with van der Waals surface area (Å²) < 4.78 is 32.6. The first-order valence-corrected chi connectivity index (χ1v) is 6.62. The molecule has 2 unspecified atom stereocenters. The highest BCUT2D eigenvalue weighted by molar-refractivity contribution is 5.23. The SMILES string of the molecule is CCN1CCOC(C(NC)c2ccc(F)cc2F)C1. The van der Waals surface area contributed by atoms with Gasteiger partial charge in [0.15, 0.2) is 0 Å². The van der Waals surface area contributed by atoms with Gasteiger partial charge in [-0.05, 0) is 19.7 Å². The molecule has 0 aliphatic carbocycles. The Balaban J connectivity index is 2.19. The van der Waals surface area contributed by atoms with E-state index in [2.05, 4.69) is 17.1 Å². The second kappa shape index (κ2) is 6.41. The van der Waals surface area contributed by atoms with Crippen molar-refractivity contribution in [2.45, 2.75) is 19.1 Å². The van der Waals surface area contributed by atoms with Crippen LogP contribution in [0.1, 0.15) is 18.5 Å². The van der Waals surface area contributed by atoms with E-state index in [1.165, 1.54) is 12.1 Å². The molecule has 1 aliphatic rings. The molecule has 1 aliphatic heterocycles. The molecule has 19 heavy (non-hydrogen) atoms. The van der Waals surface area contributed by atoms with Crippen molar-refractivity contribution >= 4 is 0 Å². The quantitative estimate of drug-likeness (QED) is 0.905. The fraction of sp³-hybridized carbons (Fsp3) is 0.571. The number of nitrogens with one attached hydrogen (secondary N) is 1. The van der Waals surface area contributed by atoms with Crippen molar-refractivity contribution in [1.82, 2.24) is 10.2 Å². The molecule has 3 nitrogen and oxygen atoms in total. The van der Waals surface area contributed by atoms with Gasteiger partial charge in [0.05, 0.1) is 18.8 Å². The van der Waals surface area contributed by atoms with Crippen LogP contribution in [0, 0.1) is 11.6 Å². The van der Waals surface area contributed by atoms with Gasteiger partial charge in [-0.25, -0.2) is 8.78 Å². The lowest BCUT2D eigenvalue weighted by molar-refractivity contribution is -0.0449. The average Bonchev–Trinajstić information content (AvgIpc) is 2.42. The zero-order chi connectivity index (χ0) is 13.8. The van der Waals surface area contributed by atoms with E-state index in [0.29, 0.717) is 12.2 Å². The maximum atomic E-state index is 13.9. The van der Waals surface area contributed by atoms with Crippen LogP contribution in [0.2, 0.25) is 0 Å². The molecule has 2 atom stereocenters. The van der Waals surface area contributed by atoms with Crippen LogP contribution in [-0.4, -0.2) is 44.3 Å². The molecule has 1 N–H and O–H groups in total. The molecule has 0 spiro atoms. The van der Waals surface area contributed by atoms with Crippen LogP contribution in [-0.2, 0) is 4.74 Å². The molecule has 0 bridgehead atoms. The standard InChI is InChI=1S/C14H20F2N2O/c1-3-18-6-7-19-13(9-18)14(17-2)11-5-4-10(15)8-12(11)16/h4-5,8,13-14,17H,3,6-7,9H2,1-2H3. The Morgan fingerprint density at radius 2 is 2.26 bits per heavy atom. The molecular weight excluding hydrogens is 250 g/mol. The summed E-state index contributed by atoms with van der Waals surface area (Å²) in [7, 11) is 1.77. The van der Waals surface area contributed by atoms with E-state index >= 15 is 0 Å². The third-order valence-corrected chi connectivity index (χ3v) is 3.61. The maximum absolute atomic E-state index is 13.9.